The summed E-state index contributed by atoms with van der Waals surface area (Å²) in [4.78, 5) is 102. The van der Waals surface area contributed by atoms with E-state index in [2.05, 4.69) is 33.5 Å². The Hall–Kier alpha value is -7.39. The van der Waals surface area contributed by atoms with Gasteiger partial charge in [0.15, 0.2) is 0 Å². The number of nitrogens with two attached hydrogens (primary N) is 2. The van der Waals surface area contributed by atoms with Crippen molar-refractivity contribution in [1.29, 1.82) is 0 Å². The average molecular weight is 1070 g/mol. The quantitative estimate of drug-likeness (QED) is 0.0723. The summed E-state index contributed by atoms with van der Waals surface area (Å²) in [6.45, 7) is 3.94. The smallest absolute Gasteiger partial charge is 0.251 e. The van der Waals surface area contributed by atoms with Gasteiger partial charge in [-0.05, 0) is 129 Å². The van der Waals surface area contributed by atoms with Crippen LogP contribution in [0.4, 0.5) is 0 Å². The van der Waals surface area contributed by atoms with Gasteiger partial charge in [-0.3, -0.25) is 33.6 Å². The standard InChI is InChI=1S/C58H75N9O11/c1-3-4-5-30-78-45-25-21-40(22-26-45)38-15-13-37(14-16-38)39-17-19-41(20-18-39)52(71)62-46-9-7-29-61-55(74)49-31-42(60)33-66(49)57(76)48(8-6-28-59)64-53(72)47(27-12-36-10-23-43(69)24-11-36)63-56(75)50-32-44(70)34-67(50)58(77)51(35(2)68)65-54(46)73/h10-11,13-26,35,42,44,46-51,68-70H,3-9,12,27-34,59-60H2,1-2H3,(H,61,74)(H,62,71)(H,63,75)(H,64,72)(H,65,73)/t35-,42?,44-,46?,47?,48+,49?,50?,51?/m1/s1. The van der Waals surface area contributed by atoms with Gasteiger partial charge in [-0.1, -0.05) is 80.4 Å². The van der Waals surface area contributed by atoms with Crippen molar-refractivity contribution in [3.8, 4) is 33.8 Å². The van der Waals surface area contributed by atoms with E-state index in [1.807, 2.05) is 48.5 Å². The summed E-state index contributed by atoms with van der Waals surface area (Å²) in [6.07, 6.45) is 1.10. The first-order valence-electron chi connectivity index (χ1n) is 27.2. The second kappa shape index (κ2) is 27.8. The topological polar surface area (TPSA) is 308 Å². The van der Waals surface area contributed by atoms with Gasteiger partial charge >= 0.3 is 0 Å². The number of aryl methyl sites for hydroxylation is 1. The van der Waals surface area contributed by atoms with Crippen LogP contribution < -0.4 is 42.8 Å². The van der Waals surface area contributed by atoms with Crippen LogP contribution in [0.5, 0.6) is 11.5 Å². The van der Waals surface area contributed by atoms with E-state index in [0.29, 0.717) is 18.6 Å². The molecule has 3 aliphatic rings. The van der Waals surface area contributed by atoms with Crippen molar-refractivity contribution in [3.05, 3.63) is 108 Å². The highest BCUT2D eigenvalue weighted by molar-refractivity contribution is 6.00. The largest absolute Gasteiger partial charge is 0.508 e. The molecule has 0 aliphatic carbocycles. The summed E-state index contributed by atoms with van der Waals surface area (Å²) in [6, 6.07) is 20.6. The molecule has 9 atom stereocenters. The minimum atomic E-state index is -1.66. The van der Waals surface area contributed by atoms with Crippen LogP contribution in [0.2, 0.25) is 0 Å². The predicted octanol–water partition coefficient (Wildman–Crippen LogP) is 2.40. The maximum Gasteiger partial charge on any atom is 0.251 e. The number of carbonyl (C=O) groups excluding carboxylic acids is 7. The maximum absolute atomic E-state index is 14.4. The zero-order valence-corrected chi connectivity index (χ0v) is 44.4. The summed E-state index contributed by atoms with van der Waals surface area (Å²) < 4.78 is 5.87. The number of hydrogen-bond donors (Lipinski definition) is 10. The molecule has 0 spiro atoms. The van der Waals surface area contributed by atoms with Crippen molar-refractivity contribution in [2.24, 2.45) is 11.5 Å². The Labute approximate surface area is 455 Å². The number of aromatic hydroxyl groups is 1. The summed E-state index contributed by atoms with van der Waals surface area (Å²) in [7, 11) is 0. The second-order valence-corrected chi connectivity index (χ2v) is 20.6. The van der Waals surface area contributed by atoms with Gasteiger partial charge in [0, 0.05) is 37.7 Å². The molecule has 7 rings (SSSR count). The van der Waals surface area contributed by atoms with Crippen molar-refractivity contribution < 1.29 is 53.6 Å². The van der Waals surface area contributed by atoms with Crippen molar-refractivity contribution >= 4 is 41.4 Å². The Morgan fingerprint density at radius 2 is 1.32 bits per heavy atom. The average Bonchev–Trinajstić information content (AvgIpc) is 4.09. The molecule has 78 heavy (non-hydrogen) atoms. The van der Waals surface area contributed by atoms with Crippen LogP contribution in [0.25, 0.3) is 22.3 Å². The van der Waals surface area contributed by atoms with Gasteiger partial charge in [-0.25, -0.2) is 0 Å². The monoisotopic (exact) mass is 1070 g/mol. The van der Waals surface area contributed by atoms with Gasteiger partial charge in [-0.15, -0.1) is 0 Å². The molecule has 3 aliphatic heterocycles. The lowest BCUT2D eigenvalue weighted by atomic mass is 9.99. The van der Waals surface area contributed by atoms with E-state index < -0.39 is 95.9 Å². The number of phenols is 1. The number of hydrogen-bond acceptors (Lipinski definition) is 13. The van der Waals surface area contributed by atoms with Crippen molar-refractivity contribution in [2.45, 2.75) is 139 Å². The zero-order chi connectivity index (χ0) is 55.9. The van der Waals surface area contributed by atoms with Crippen molar-refractivity contribution in [2.75, 3.05) is 32.8 Å². The SMILES string of the molecule is CCCCCOc1ccc(-c2ccc(-c3ccc(C(=O)NC4CCCNC(=O)C5CC(N)CN5C(=O)[C@H](CCCN)NC(=O)C(CCc5ccc(O)cc5)NC(=O)C5C[C@@H](O)CN5C(=O)C([C@@H](C)O)NC4=O)cc3)cc2)cc1. The second-order valence-electron chi connectivity index (χ2n) is 20.6. The normalized spacial score (nSPS) is 24.2. The molecule has 12 N–H and O–H groups in total. The number of benzene rings is 4. The van der Waals surface area contributed by atoms with Crippen molar-refractivity contribution in [1.82, 2.24) is 36.4 Å². The number of aliphatic hydroxyl groups excluding tert-OH is 2. The van der Waals surface area contributed by atoms with Gasteiger partial charge in [0.1, 0.15) is 47.8 Å². The third-order valence-corrected chi connectivity index (χ3v) is 14.6. The number of ether oxygens (including phenoxy) is 1. The molecule has 6 unspecified atom stereocenters. The minimum Gasteiger partial charge on any atom is -0.508 e. The number of nitrogens with zero attached hydrogens (tertiary/aromatic N) is 2. The molecule has 3 saturated heterocycles. The first-order valence-corrected chi connectivity index (χ1v) is 27.2. The summed E-state index contributed by atoms with van der Waals surface area (Å²) in [5.41, 5.74) is 16.9. The Bertz CT molecular complexity index is 2690. The molecular weight excluding hydrogens is 999 g/mol. The molecule has 0 aromatic heterocycles. The fourth-order valence-electron chi connectivity index (χ4n) is 10.2. The zero-order valence-electron chi connectivity index (χ0n) is 44.4. The molecule has 0 saturated carbocycles. The van der Waals surface area contributed by atoms with E-state index in [0.717, 1.165) is 52.2 Å². The summed E-state index contributed by atoms with van der Waals surface area (Å²) in [5, 5.41) is 45.6. The van der Waals surface area contributed by atoms with Crippen LogP contribution >= 0.6 is 0 Å². The number of fused-ring (bicyclic) bond motifs is 2. The minimum absolute atomic E-state index is 0.00543. The number of carbonyl (C=O) groups is 7. The van der Waals surface area contributed by atoms with Gasteiger partial charge in [-0.2, -0.15) is 0 Å². The summed E-state index contributed by atoms with van der Waals surface area (Å²) >= 11 is 0. The van der Waals surface area contributed by atoms with Crippen LogP contribution in [-0.2, 0) is 35.2 Å². The fourth-order valence-corrected chi connectivity index (χ4v) is 10.2. The number of unbranched alkanes of at least 4 members (excludes halogenated alkanes) is 2. The number of amides is 7. The Morgan fingerprint density at radius 3 is 1.95 bits per heavy atom. The molecule has 418 valence electrons. The number of phenolic OH excluding ortho intramolecular Hbond substituents is 1. The van der Waals surface area contributed by atoms with E-state index in [4.69, 9.17) is 16.2 Å². The van der Waals surface area contributed by atoms with Crippen LogP contribution in [0.15, 0.2) is 97.1 Å². The first-order chi connectivity index (χ1) is 37.5. The third kappa shape index (κ3) is 15.4. The van der Waals surface area contributed by atoms with Crippen LogP contribution in [0, 0.1) is 0 Å². The third-order valence-electron chi connectivity index (χ3n) is 14.6. The Kier molecular flexibility index (Phi) is 20.8. The predicted molar refractivity (Wildman–Crippen MR) is 292 cm³/mol. The summed E-state index contributed by atoms with van der Waals surface area (Å²) in [5.74, 6) is -4.19. The Balaban J connectivity index is 1.11. The van der Waals surface area contributed by atoms with Crippen LogP contribution in [-0.4, -0.2) is 154 Å². The molecule has 3 heterocycles. The van der Waals surface area contributed by atoms with Crippen LogP contribution in [0.3, 0.4) is 0 Å². The number of nitrogens with one attached hydrogen (secondary N) is 5. The molecule has 0 radical (unpaired) electrons. The lowest BCUT2D eigenvalue weighted by Gasteiger charge is -2.32. The molecule has 20 heteroatoms. The number of aliphatic hydroxyl groups is 2. The van der Waals surface area contributed by atoms with Gasteiger partial charge in [0.25, 0.3) is 5.91 Å². The molecule has 4 aromatic rings. The first kappa shape index (κ1) is 58.3. The van der Waals surface area contributed by atoms with E-state index in [-0.39, 0.29) is 82.4 Å². The van der Waals surface area contributed by atoms with Gasteiger partial charge < -0.3 is 67.9 Å². The van der Waals surface area contributed by atoms with Crippen LogP contribution in [0.1, 0.15) is 94.0 Å². The lowest BCUT2D eigenvalue weighted by Crippen LogP contribution is -2.61. The highest BCUT2D eigenvalue weighted by Gasteiger charge is 2.45. The molecule has 0 bridgehead atoms. The maximum atomic E-state index is 14.4. The highest BCUT2D eigenvalue weighted by atomic mass is 16.5. The van der Waals surface area contributed by atoms with E-state index in [1.165, 1.54) is 24.0 Å². The Morgan fingerprint density at radius 1 is 0.718 bits per heavy atom. The van der Waals surface area contributed by atoms with E-state index in [1.54, 1.807) is 36.4 Å². The van der Waals surface area contributed by atoms with E-state index in [9.17, 15) is 48.9 Å². The molecular formula is C58H75N9O11. The molecule has 20 nitrogen and oxygen atoms in total. The molecule has 4 aromatic carbocycles. The van der Waals surface area contributed by atoms with Crippen molar-refractivity contribution in [3.63, 3.8) is 0 Å². The van der Waals surface area contributed by atoms with E-state index >= 15 is 0 Å². The van der Waals surface area contributed by atoms with Gasteiger partial charge in [0.05, 0.1) is 18.8 Å². The number of rotatable bonds is 16. The fraction of sp³-hybridized carbons (Fsp3) is 0.466. The molecule has 3 fully saturated rings. The molecule has 7 amide bonds. The highest BCUT2D eigenvalue weighted by Crippen LogP contribution is 2.28. The lowest BCUT2D eigenvalue weighted by molar-refractivity contribution is -0.145. The van der Waals surface area contributed by atoms with Gasteiger partial charge in [0.2, 0.25) is 35.4 Å².